The monoisotopic (exact) mass is 416 g/mol. The van der Waals surface area contributed by atoms with Crippen molar-refractivity contribution in [2.24, 2.45) is 0 Å². The van der Waals surface area contributed by atoms with Crippen molar-refractivity contribution in [1.82, 2.24) is 0 Å². The third-order valence-corrected chi connectivity index (χ3v) is 5.53. The van der Waals surface area contributed by atoms with Crippen molar-refractivity contribution >= 4 is 34.2 Å². The Kier molecular flexibility index (Phi) is 5.31. The van der Waals surface area contributed by atoms with Gasteiger partial charge in [0.05, 0.1) is 5.38 Å². The summed E-state index contributed by atoms with van der Waals surface area (Å²) in [4.78, 5) is 0. The maximum absolute atomic E-state index is 13.2. The van der Waals surface area contributed by atoms with Gasteiger partial charge in [-0.15, -0.1) is 11.6 Å². The van der Waals surface area contributed by atoms with E-state index in [1.54, 1.807) is 6.07 Å². The van der Waals surface area contributed by atoms with E-state index in [0.29, 0.717) is 0 Å². The van der Waals surface area contributed by atoms with E-state index in [1.165, 1.54) is 17.7 Å². The molecule has 112 valence electrons. The molecule has 1 atom stereocenters. The number of benzene rings is 2. The molecule has 0 N–H and O–H groups in total. The lowest BCUT2D eigenvalue weighted by Gasteiger charge is -2.24. The second-order valence-electron chi connectivity index (χ2n) is 5.89. The van der Waals surface area contributed by atoms with E-state index in [0.717, 1.165) is 21.1 Å². The zero-order chi connectivity index (χ0) is 15.6. The third-order valence-electron chi connectivity index (χ3n) is 4.10. The minimum Gasteiger partial charge on any atom is -0.207 e. The molecule has 2 aromatic rings. The molecular weight excluding hydrogens is 398 g/mol. The second-order valence-corrected chi connectivity index (χ2v) is 7.49. The van der Waals surface area contributed by atoms with Gasteiger partial charge in [-0.25, -0.2) is 4.39 Å². The number of hydrogen-bond donors (Lipinski definition) is 0. The van der Waals surface area contributed by atoms with Gasteiger partial charge in [0, 0.05) is 3.57 Å². The van der Waals surface area contributed by atoms with E-state index in [2.05, 4.69) is 67.6 Å². The smallest absolute Gasteiger partial charge is 0.124 e. The largest absolute Gasteiger partial charge is 0.207 e. The van der Waals surface area contributed by atoms with Crippen LogP contribution in [-0.2, 0) is 5.41 Å². The molecule has 0 heterocycles. The first-order chi connectivity index (χ1) is 9.85. The van der Waals surface area contributed by atoms with Gasteiger partial charge in [0.15, 0.2) is 0 Å². The Morgan fingerprint density at radius 1 is 1.14 bits per heavy atom. The van der Waals surface area contributed by atoms with Crippen LogP contribution in [0.15, 0.2) is 42.5 Å². The molecule has 2 aromatic carbocycles. The zero-order valence-electron chi connectivity index (χ0n) is 12.5. The molecule has 3 heteroatoms. The van der Waals surface area contributed by atoms with Crippen molar-refractivity contribution in [3.8, 4) is 0 Å². The van der Waals surface area contributed by atoms with Crippen LogP contribution in [0.5, 0.6) is 0 Å². The third kappa shape index (κ3) is 3.78. The number of alkyl halides is 1. The lowest BCUT2D eigenvalue weighted by molar-refractivity contribution is 0.506. The van der Waals surface area contributed by atoms with Crippen LogP contribution in [-0.4, -0.2) is 0 Å². The molecule has 0 aliphatic rings. The quantitative estimate of drug-likeness (QED) is 0.397. The standard InChI is InChI=1S/C18H19ClFI/c1-4-18(2,3)13-7-5-12(6-8-13)17(19)15-10-9-14(20)11-16(15)21/h5-11,17H,4H2,1-3H3. The molecule has 0 nitrogen and oxygen atoms in total. The molecule has 0 aliphatic carbocycles. The van der Waals surface area contributed by atoms with E-state index >= 15 is 0 Å². The Bertz CT molecular complexity index is 620. The Morgan fingerprint density at radius 3 is 2.29 bits per heavy atom. The van der Waals surface area contributed by atoms with Gasteiger partial charge in [0.25, 0.3) is 0 Å². The molecule has 0 saturated heterocycles. The summed E-state index contributed by atoms with van der Waals surface area (Å²) >= 11 is 8.69. The fraction of sp³-hybridized carbons (Fsp3) is 0.333. The first-order valence-electron chi connectivity index (χ1n) is 7.04. The van der Waals surface area contributed by atoms with Crippen LogP contribution in [0.25, 0.3) is 0 Å². The van der Waals surface area contributed by atoms with Crippen LogP contribution >= 0.6 is 34.2 Å². The summed E-state index contributed by atoms with van der Waals surface area (Å²) in [6, 6.07) is 13.2. The minimum atomic E-state index is -0.253. The molecule has 0 amide bonds. The second kappa shape index (κ2) is 6.66. The van der Waals surface area contributed by atoms with Gasteiger partial charge in [0.2, 0.25) is 0 Å². The first-order valence-corrected chi connectivity index (χ1v) is 8.56. The van der Waals surface area contributed by atoms with Crippen molar-refractivity contribution in [2.45, 2.75) is 38.0 Å². The van der Waals surface area contributed by atoms with Gasteiger partial charge in [-0.2, -0.15) is 0 Å². The molecular formula is C18H19ClFI. The molecule has 0 bridgehead atoms. The lowest BCUT2D eigenvalue weighted by Crippen LogP contribution is -2.15. The molecule has 0 saturated carbocycles. The van der Waals surface area contributed by atoms with Gasteiger partial charge >= 0.3 is 0 Å². The van der Waals surface area contributed by atoms with E-state index in [-0.39, 0.29) is 16.6 Å². The number of hydrogen-bond acceptors (Lipinski definition) is 0. The van der Waals surface area contributed by atoms with Gasteiger partial charge in [0.1, 0.15) is 5.82 Å². The zero-order valence-corrected chi connectivity index (χ0v) is 15.4. The number of halogens is 3. The number of rotatable bonds is 4. The highest BCUT2D eigenvalue weighted by atomic mass is 127. The van der Waals surface area contributed by atoms with Gasteiger partial charge < -0.3 is 0 Å². The van der Waals surface area contributed by atoms with Crippen molar-refractivity contribution in [2.75, 3.05) is 0 Å². The fourth-order valence-corrected chi connectivity index (χ4v) is 3.50. The molecule has 0 fully saturated rings. The SMILES string of the molecule is CCC(C)(C)c1ccc(C(Cl)c2ccc(F)cc2I)cc1. The summed E-state index contributed by atoms with van der Waals surface area (Å²) in [6.45, 7) is 6.67. The molecule has 0 spiro atoms. The summed E-state index contributed by atoms with van der Waals surface area (Å²) in [5.41, 5.74) is 3.47. The molecule has 0 radical (unpaired) electrons. The normalized spacial score (nSPS) is 13.2. The Hall–Kier alpha value is -0.610. The summed E-state index contributed by atoms with van der Waals surface area (Å²) in [7, 11) is 0. The summed E-state index contributed by atoms with van der Waals surface area (Å²) < 4.78 is 14.0. The average molecular weight is 417 g/mol. The topological polar surface area (TPSA) is 0 Å². The Morgan fingerprint density at radius 2 is 1.76 bits per heavy atom. The van der Waals surface area contributed by atoms with Crippen LogP contribution in [0.1, 0.15) is 49.3 Å². The summed E-state index contributed by atoms with van der Waals surface area (Å²) in [5.74, 6) is -0.230. The van der Waals surface area contributed by atoms with Crippen molar-refractivity contribution < 1.29 is 4.39 Å². The van der Waals surface area contributed by atoms with Gasteiger partial charge in [-0.1, -0.05) is 51.1 Å². The van der Waals surface area contributed by atoms with Crippen molar-refractivity contribution in [1.29, 1.82) is 0 Å². The Balaban J connectivity index is 2.30. The summed E-state index contributed by atoms with van der Waals surface area (Å²) in [5, 5.41) is -0.253. The average Bonchev–Trinajstić information content (AvgIpc) is 2.47. The van der Waals surface area contributed by atoms with Crippen LogP contribution in [0.3, 0.4) is 0 Å². The van der Waals surface area contributed by atoms with Crippen LogP contribution < -0.4 is 0 Å². The predicted octanol–water partition coefficient (Wildman–Crippen LogP) is 6.45. The maximum Gasteiger partial charge on any atom is 0.124 e. The predicted molar refractivity (Wildman–Crippen MR) is 96.6 cm³/mol. The van der Waals surface area contributed by atoms with E-state index in [4.69, 9.17) is 11.6 Å². The van der Waals surface area contributed by atoms with Crippen LogP contribution in [0, 0.1) is 9.39 Å². The minimum absolute atomic E-state index is 0.171. The van der Waals surface area contributed by atoms with Gasteiger partial charge in [-0.05, 0) is 63.2 Å². The van der Waals surface area contributed by atoms with Crippen molar-refractivity contribution in [3.63, 3.8) is 0 Å². The highest BCUT2D eigenvalue weighted by molar-refractivity contribution is 14.1. The summed E-state index contributed by atoms with van der Waals surface area (Å²) in [6.07, 6.45) is 1.09. The molecule has 0 aliphatic heterocycles. The highest BCUT2D eigenvalue weighted by Gasteiger charge is 2.19. The molecule has 2 rings (SSSR count). The maximum atomic E-state index is 13.2. The van der Waals surface area contributed by atoms with E-state index < -0.39 is 0 Å². The first kappa shape index (κ1) is 16.8. The van der Waals surface area contributed by atoms with Crippen LogP contribution in [0.4, 0.5) is 4.39 Å². The molecule has 1 unspecified atom stereocenters. The molecule has 0 aromatic heterocycles. The van der Waals surface area contributed by atoms with E-state index in [9.17, 15) is 4.39 Å². The lowest BCUT2D eigenvalue weighted by atomic mass is 9.82. The fourth-order valence-electron chi connectivity index (χ4n) is 2.19. The Labute approximate surface area is 144 Å². The van der Waals surface area contributed by atoms with Gasteiger partial charge in [-0.3, -0.25) is 0 Å². The van der Waals surface area contributed by atoms with Crippen molar-refractivity contribution in [3.05, 3.63) is 68.5 Å². The van der Waals surface area contributed by atoms with E-state index in [1.807, 2.05) is 0 Å². The molecule has 21 heavy (non-hydrogen) atoms. The highest BCUT2D eigenvalue weighted by Crippen LogP contribution is 2.34. The van der Waals surface area contributed by atoms with Crippen LogP contribution in [0.2, 0.25) is 0 Å².